The summed E-state index contributed by atoms with van der Waals surface area (Å²) in [4.78, 5) is 6.76. The number of nitrogens with one attached hydrogen (secondary N) is 2. The molecule has 0 saturated carbocycles. The zero-order chi connectivity index (χ0) is 27.4. The molecule has 4 aromatic rings. The van der Waals surface area contributed by atoms with Crippen molar-refractivity contribution in [2.75, 3.05) is 55.1 Å². The average molecular weight is 525 g/mol. The van der Waals surface area contributed by atoms with Crippen LogP contribution in [0.5, 0.6) is 28.7 Å². The number of aromatic hydroxyl groups is 3. The summed E-state index contributed by atoms with van der Waals surface area (Å²) in [6, 6.07) is 8.12. The number of aromatic amines is 1. The Morgan fingerprint density at radius 1 is 0.947 bits per heavy atom. The van der Waals surface area contributed by atoms with Crippen LogP contribution in [0.25, 0.3) is 0 Å². The maximum absolute atomic E-state index is 11.0. The molecule has 2 heterocycles. The molecule has 0 saturated heterocycles. The van der Waals surface area contributed by atoms with Crippen molar-refractivity contribution in [2.45, 2.75) is 12.8 Å². The summed E-state index contributed by atoms with van der Waals surface area (Å²) in [6.07, 6.45) is 0.810. The number of nitrogens with two attached hydrogens (primary N) is 1. The highest BCUT2D eigenvalue weighted by atomic mass is 16.5. The molecule has 38 heavy (non-hydrogen) atoms. The molecule has 14 nitrogen and oxygen atoms in total. The fourth-order valence-electron chi connectivity index (χ4n) is 3.89. The van der Waals surface area contributed by atoms with Crippen molar-refractivity contribution >= 4 is 23.8 Å². The Hall–Kier alpha value is -4.88. The predicted octanol–water partition coefficient (Wildman–Crippen LogP) is 1.82. The van der Waals surface area contributed by atoms with Crippen LogP contribution in [-0.4, -0.2) is 79.5 Å². The van der Waals surface area contributed by atoms with Gasteiger partial charge in [0, 0.05) is 46.8 Å². The molecule has 0 spiro atoms. The molecule has 0 fully saturated rings. The van der Waals surface area contributed by atoms with E-state index in [1.54, 1.807) is 36.9 Å². The summed E-state index contributed by atoms with van der Waals surface area (Å²) in [5.41, 5.74) is 6.82. The summed E-state index contributed by atoms with van der Waals surface area (Å²) in [5, 5.41) is 50.5. The first kappa shape index (κ1) is 26.2. The third-order valence-electron chi connectivity index (χ3n) is 6.23. The number of likely N-dealkylation sites (N-methyl/N-ethyl adjacent to an activating group) is 2. The molecule has 14 heteroatoms. The zero-order valence-corrected chi connectivity index (χ0v) is 21.7. The Bertz CT molecular complexity index is 1400. The highest BCUT2D eigenvalue weighted by molar-refractivity contribution is 5.56. The van der Waals surface area contributed by atoms with Gasteiger partial charge in [-0.15, -0.1) is 20.4 Å². The zero-order valence-electron chi connectivity index (χ0n) is 21.7. The SMILES string of the molecule is CNc1nnc(N(C)CCc2cccc(Oc3ccc(O)c(O)c3CCN(C)c3nnc(N)n3C)c2O)[nH]1. The molecule has 7 N–H and O–H groups in total. The van der Waals surface area contributed by atoms with E-state index in [9.17, 15) is 15.3 Å². The summed E-state index contributed by atoms with van der Waals surface area (Å²) >= 11 is 0. The standard InChI is InChI=1S/C24H32N10O4/c1-26-22-27-23(30-29-22)32(2)12-10-14-6-5-7-18(19(14)36)38-17-9-8-16(35)20(37)15(17)11-13-33(3)24-31-28-21(25)34(24)4/h5-9,35-37H,10-13H2,1-4H3,(H2,25,28)(H2,26,27,29,30). The minimum atomic E-state index is -0.293. The van der Waals surface area contributed by atoms with Crippen LogP contribution in [0.15, 0.2) is 30.3 Å². The minimum Gasteiger partial charge on any atom is -0.504 e. The first-order chi connectivity index (χ1) is 18.2. The molecule has 0 bridgehead atoms. The molecule has 2 aromatic heterocycles. The second-order valence-corrected chi connectivity index (χ2v) is 8.78. The smallest absolute Gasteiger partial charge is 0.228 e. The van der Waals surface area contributed by atoms with Crippen LogP contribution >= 0.6 is 0 Å². The number of ether oxygens (including phenoxy) is 1. The van der Waals surface area contributed by atoms with E-state index in [0.717, 1.165) is 0 Å². The van der Waals surface area contributed by atoms with Crippen LogP contribution in [-0.2, 0) is 19.9 Å². The van der Waals surface area contributed by atoms with Gasteiger partial charge in [-0.3, -0.25) is 9.55 Å². The number of anilines is 4. The van der Waals surface area contributed by atoms with Crippen LogP contribution in [0.1, 0.15) is 11.1 Å². The van der Waals surface area contributed by atoms with Gasteiger partial charge in [0.15, 0.2) is 23.0 Å². The van der Waals surface area contributed by atoms with Crippen molar-refractivity contribution in [2.24, 2.45) is 7.05 Å². The van der Waals surface area contributed by atoms with Crippen LogP contribution < -0.4 is 25.6 Å². The van der Waals surface area contributed by atoms with E-state index >= 15 is 0 Å². The van der Waals surface area contributed by atoms with Crippen LogP contribution in [0.2, 0.25) is 0 Å². The van der Waals surface area contributed by atoms with E-state index in [1.807, 2.05) is 30.0 Å². The van der Waals surface area contributed by atoms with Crippen LogP contribution in [0, 0.1) is 0 Å². The quantitative estimate of drug-likeness (QED) is 0.157. The number of aromatic nitrogens is 6. The molecule has 0 atom stereocenters. The van der Waals surface area contributed by atoms with Crippen molar-refractivity contribution < 1.29 is 20.1 Å². The molecular weight excluding hydrogens is 492 g/mol. The van der Waals surface area contributed by atoms with E-state index in [-0.39, 0.29) is 28.9 Å². The lowest BCUT2D eigenvalue weighted by Gasteiger charge is -2.20. The molecule has 0 aliphatic carbocycles. The van der Waals surface area contributed by atoms with Crippen molar-refractivity contribution in [1.82, 2.24) is 29.9 Å². The van der Waals surface area contributed by atoms with Crippen molar-refractivity contribution in [3.63, 3.8) is 0 Å². The fraction of sp³-hybridized carbons (Fsp3) is 0.333. The van der Waals surface area contributed by atoms with Crippen molar-refractivity contribution in [3.8, 4) is 28.7 Å². The molecule has 202 valence electrons. The topological polar surface area (TPSA) is 187 Å². The number of phenolic OH excluding ortho intramolecular Hbond substituents is 3. The summed E-state index contributed by atoms with van der Waals surface area (Å²) in [5.74, 6) is 1.93. The highest BCUT2D eigenvalue weighted by Gasteiger charge is 2.19. The Morgan fingerprint density at radius 3 is 2.39 bits per heavy atom. The lowest BCUT2D eigenvalue weighted by molar-refractivity contribution is 0.382. The Balaban J connectivity index is 1.49. The van der Waals surface area contributed by atoms with E-state index in [1.165, 1.54) is 6.07 Å². The Labute approximate surface area is 219 Å². The summed E-state index contributed by atoms with van der Waals surface area (Å²) in [7, 11) is 7.18. The van der Waals surface area contributed by atoms with Crippen molar-refractivity contribution in [1.29, 1.82) is 0 Å². The largest absolute Gasteiger partial charge is 0.504 e. The Morgan fingerprint density at radius 2 is 1.71 bits per heavy atom. The van der Waals surface area contributed by atoms with Gasteiger partial charge in [0.2, 0.25) is 23.8 Å². The van der Waals surface area contributed by atoms with Crippen molar-refractivity contribution in [3.05, 3.63) is 41.5 Å². The predicted molar refractivity (Wildman–Crippen MR) is 143 cm³/mol. The third kappa shape index (κ3) is 5.43. The highest BCUT2D eigenvalue weighted by Crippen LogP contribution is 2.41. The maximum Gasteiger partial charge on any atom is 0.228 e. The average Bonchev–Trinajstić information content (AvgIpc) is 3.52. The van der Waals surface area contributed by atoms with Gasteiger partial charge in [0.1, 0.15) is 5.75 Å². The van der Waals surface area contributed by atoms with Gasteiger partial charge >= 0.3 is 0 Å². The van der Waals surface area contributed by atoms with Gasteiger partial charge in [-0.25, -0.2) is 0 Å². The molecular formula is C24H32N10O4. The second-order valence-electron chi connectivity index (χ2n) is 8.78. The number of nitrogen functional groups attached to an aromatic ring is 1. The minimum absolute atomic E-state index is 0.0143. The van der Waals surface area contributed by atoms with Gasteiger partial charge in [-0.2, -0.15) is 0 Å². The number of H-pyrrole nitrogens is 1. The van der Waals surface area contributed by atoms with E-state index in [2.05, 4.69) is 30.7 Å². The monoisotopic (exact) mass is 524 g/mol. The molecule has 0 radical (unpaired) electrons. The number of nitrogens with zero attached hydrogens (tertiary/aromatic N) is 7. The van der Waals surface area contributed by atoms with Crippen LogP contribution in [0.3, 0.4) is 0 Å². The molecule has 0 aliphatic heterocycles. The number of rotatable bonds is 11. The van der Waals surface area contributed by atoms with E-state index in [4.69, 9.17) is 10.5 Å². The van der Waals surface area contributed by atoms with Gasteiger partial charge in [0.05, 0.1) is 0 Å². The van der Waals surface area contributed by atoms with Crippen LogP contribution in [0.4, 0.5) is 23.8 Å². The van der Waals surface area contributed by atoms with Gasteiger partial charge in [0.25, 0.3) is 0 Å². The third-order valence-corrected chi connectivity index (χ3v) is 6.23. The summed E-state index contributed by atoms with van der Waals surface area (Å²) in [6.45, 7) is 0.966. The number of hydrogen-bond acceptors (Lipinski definition) is 12. The Kier molecular flexibility index (Phi) is 7.60. The molecule has 0 unspecified atom stereocenters. The number of phenols is 3. The fourth-order valence-corrected chi connectivity index (χ4v) is 3.89. The van der Waals surface area contributed by atoms with E-state index < -0.39 is 0 Å². The molecule has 0 amide bonds. The first-order valence-corrected chi connectivity index (χ1v) is 11.9. The normalized spacial score (nSPS) is 10.9. The number of hydrogen-bond donors (Lipinski definition) is 6. The van der Waals surface area contributed by atoms with E-state index in [0.29, 0.717) is 60.7 Å². The number of para-hydroxylation sites is 1. The second kappa shape index (κ2) is 11.0. The lowest BCUT2D eigenvalue weighted by Crippen LogP contribution is -2.23. The molecule has 0 aliphatic rings. The first-order valence-electron chi connectivity index (χ1n) is 11.9. The van der Waals surface area contributed by atoms with Gasteiger partial charge < -0.3 is 40.9 Å². The maximum atomic E-state index is 11.0. The van der Waals surface area contributed by atoms with Gasteiger partial charge in [-0.1, -0.05) is 12.1 Å². The molecule has 4 rings (SSSR count). The van der Waals surface area contributed by atoms with Gasteiger partial charge in [-0.05, 0) is 36.6 Å². The number of benzene rings is 2. The molecule has 2 aromatic carbocycles. The lowest BCUT2D eigenvalue weighted by atomic mass is 10.1. The summed E-state index contributed by atoms with van der Waals surface area (Å²) < 4.78 is 7.69.